The first-order valence-corrected chi connectivity index (χ1v) is 12.6. The molecule has 0 aliphatic rings. The minimum atomic E-state index is -4.97. The fourth-order valence-electron chi connectivity index (χ4n) is 4.47. The Morgan fingerprint density at radius 1 is 0.578 bits per heavy atom. The van der Waals surface area contributed by atoms with Crippen LogP contribution in [0.2, 0.25) is 0 Å². The Balaban J connectivity index is 1.63. The third-order valence-corrected chi connectivity index (χ3v) is 6.57. The first kappa shape index (κ1) is 32.7. The van der Waals surface area contributed by atoms with E-state index in [2.05, 4.69) is 10.6 Å². The molecule has 0 radical (unpaired) electrons. The number of nitrogens with two attached hydrogens (primary N) is 2. The Hall–Kier alpha value is -5.21. The zero-order valence-electron chi connectivity index (χ0n) is 22.8. The van der Waals surface area contributed by atoms with Gasteiger partial charge >= 0.3 is 18.5 Å². The van der Waals surface area contributed by atoms with Gasteiger partial charge in [0.2, 0.25) is 0 Å². The number of aryl methyl sites for hydroxylation is 1. The molecular formula is C30H21F9N4O2. The molecule has 0 bridgehead atoms. The molecular weight excluding hydrogens is 619 g/mol. The molecule has 45 heavy (non-hydrogen) atoms. The molecule has 15 heteroatoms. The number of amides is 2. The second kappa shape index (κ2) is 11.7. The third kappa shape index (κ3) is 7.30. The van der Waals surface area contributed by atoms with Gasteiger partial charge in [-0.3, -0.25) is 9.59 Å². The zero-order chi connectivity index (χ0) is 33.5. The lowest BCUT2D eigenvalue weighted by atomic mass is 9.94. The zero-order valence-corrected chi connectivity index (χ0v) is 22.8. The molecule has 0 aliphatic carbocycles. The molecule has 236 valence electrons. The Morgan fingerprint density at radius 3 is 1.71 bits per heavy atom. The molecule has 4 aromatic rings. The van der Waals surface area contributed by atoms with Crippen molar-refractivity contribution in [1.82, 2.24) is 0 Å². The summed E-state index contributed by atoms with van der Waals surface area (Å²) in [6.07, 6.45) is -14.7. The average Bonchev–Trinajstić information content (AvgIpc) is 2.92. The van der Waals surface area contributed by atoms with Gasteiger partial charge in [-0.25, -0.2) is 0 Å². The van der Waals surface area contributed by atoms with E-state index in [1.807, 2.05) is 0 Å². The van der Waals surface area contributed by atoms with Gasteiger partial charge in [-0.05, 0) is 84.3 Å². The molecule has 0 atom stereocenters. The van der Waals surface area contributed by atoms with Crippen LogP contribution in [0.5, 0.6) is 0 Å². The monoisotopic (exact) mass is 640 g/mol. The van der Waals surface area contributed by atoms with Crippen molar-refractivity contribution in [2.75, 3.05) is 22.1 Å². The third-order valence-electron chi connectivity index (χ3n) is 6.57. The lowest BCUT2D eigenvalue weighted by Gasteiger charge is -2.18. The summed E-state index contributed by atoms with van der Waals surface area (Å²) in [4.78, 5) is 25.3. The van der Waals surface area contributed by atoms with Gasteiger partial charge in [0, 0.05) is 28.3 Å². The Kier molecular flexibility index (Phi) is 8.51. The van der Waals surface area contributed by atoms with Gasteiger partial charge in [-0.2, -0.15) is 39.5 Å². The van der Waals surface area contributed by atoms with Gasteiger partial charge in [0.15, 0.2) is 0 Å². The van der Waals surface area contributed by atoms with Crippen molar-refractivity contribution < 1.29 is 49.1 Å². The summed E-state index contributed by atoms with van der Waals surface area (Å²) in [7, 11) is 0. The Bertz CT molecular complexity index is 1800. The van der Waals surface area contributed by atoms with Crippen LogP contribution in [0.1, 0.15) is 43.0 Å². The van der Waals surface area contributed by atoms with E-state index < -0.39 is 64.0 Å². The topological polar surface area (TPSA) is 110 Å². The molecule has 6 nitrogen and oxygen atoms in total. The van der Waals surface area contributed by atoms with Crippen molar-refractivity contribution in [3.05, 3.63) is 106 Å². The molecule has 4 aromatic carbocycles. The van der Waals surface area contributed by atoms with Crippen LogP contribution in [0, 0.1) is 6.92 Å². The van der Waals surface area contributed by atoms with Crippen LogP contribution in [-0.4, -0.2) is 11.8 Å². The second-order valence-corrected chi connectivity index (χ2v) is 9.80. The van der Waals surface area contributed by atoms with E-state index >= 15 is 0 Å². The van der Waals surface area contributed by atoms with E-state index in [1.165, 1.54) is 25.1 Å². The SMILES string of the molecule is Cc1cc(NC(=O)c2ccc(N)c(C(F)(F)F)c2)ccc1-c1ccc(NC(=O)c2ccc(N)cc2C(F)(F)F)cc1C(F)(F)F. The number of hydrogen-bond donors (Lipinski definition) is 4. The van der Waals surface area contributed by atoms with Gasteiger partial charge in [0.25, 0.3) is 11.8 Å². The molecule has 4 rings (SSSR count). The quantitative estimate of drug-likeness (QED) is 0.130. The van der Waals surface area contributed by atoms with Crippen LogP contribution >= 0.6 is 0 Å². The van der Waals surface area contributed by atoms with Crippen molar-refractivity contribution in [2.24, 2.45) is 0 Å². The van der Waals surface area contributed by atoms with Gasteiger partial charge in [-0.1, -0.05) is 12.1 Å². The smallest absolute Gasteiger partial charge is 0.399 e. The van der Waals surface area contributed by atoms with E-state index in [-0.39, 0.29) is 33.6 Å². The number of nitrogens with one attached hydrogen (secondary N) is 2. The second-order valence-electron chi connectivity index (χ2n) is 9.80. The Morgan fingerprint density at radius 2 is 1.13 bits per heavy atom. The van der Waals surface area contributed by atoms with Crippen molar-refractivity contribution in [3.8, 4) is 11.1 Å². The number of benzene rings is 4. The summed E-state index contributed by atoms with van der Waals surface area (Å²) < 4.78 is 122. The summed E-state index contributed by atoms with van der Waals surface area (Å²) in [6, 6.07) is 11.4. The van der Waals surface area contributed by atoms with E-state index in [9.17, 15) is 49.1 Å². The number of nitrogen functional groups attached to an aromatic ring is 2. The van der Waals surface area contributed by atoms with Crippen LogP contribution in [-0.2, 0) is 18.5 Å². The summed E-state index contributed by atoms with van der Waals surface area (Å²) in [6.45, 7) is 1.42. The van der Waals surface area contributed by atoms with Crippen LogP contribution < -0.4 is 22.1 Å². The van der Waals surface area contributed by atoms with E-state index in [1.54, 1.807) is 0 Å². The first-order chi connectivity index (χ1) is 20.8. The predicted molar refractivity (Wildman–Crippen MR) is 149 cm³/mol. The lowest BCUT2D eigenvalue weighted by Crippen LogP contribution is -2.19. The number of anilines is 4. The van der Waals surface area contributed by atoms with Gasteiger partial charge < -0.3 is 22.1 Å². The number of rotatable bonds is 5. The number of carbonyl (C=O) groups excluding carboxylic acids is 2. The highest BCUT2D eigenvalue weighted by Gasteiger charge is 2.37. The normalized spacial score (nSPS) is 12.1. The summed E-state index contributed by atoms with van der Waals surface area (Å²) in [5, 5.41) is 4.43. The first-order valence-electron chi connectivity index (χ1n) is 12.6. The number of alkyl halides is 9. The molecule has 0 aliphatic heterocycles. The number of carbonyl (C=O) groups is 2. The highest BCUT2D eigenvalue weighted by Crippen LogP contribution is 2.41. The molecule has 0 saturated carbocycles. The van der Waals surface area contributed by atoms with Gasteiger partial charge in [-0.15, -0.1) is 0 Å². The molecule has 0 saturated heterocycles. The van der Waals surface area contributed by atoms with E-state index in [0.29, 0.717) is 18.2 Å². The van der Waals surface area contributed by atoms with Crippen molar-refractivity contribution in [3.63, 3.8) is 0 Å². The van der Waals surface area contributed by atoms with E-state index in [0.717, 1.165) is 36.4 Å². The molecule has 0 heterocycles. The highest BCUT2D eigenvalue weighted by molar-refractivity contribution is 6.06. The fourth-order valence-corrected chi connectivity index (χ4v) is 4.47. The van der Waals surface area contributed by atoms with Gasteiger partial charge in [0.1, 0.15) is 0 Å². The maximum Gasteiger partial charge on any atom is 0.418 e. The lowest BCUT2D eigenvalue weighted by molar-refractivity contribution is -0.138. The fraction of sp³-hybridized carbons (Fsp3) is 0.133. The average molecular weight is 641 g/mol. The standard InChI is InChI=1S/C30H21F9N4O2/c1-14-10-17(42-26(44)15-2-9-25(41)24(11-15)30(37,38)39)4-7-19(14)20-8-5-18(13-23(20)29(34,35)36)43-27(45)21-6-3-16(40)12-22(21)28(31,32)33/h2-13H,40-41H2,1H3,(H,42,44)(H,43,45). The summed E-state index contributed by atoms with van der Waals surface area (Å²) in [5.41, 5.74) is 4.40. The van der Waals surface area contributed by atoms with Crippen molar-refractivity contribution >= 4 is 34.6 Å². The minimum Gasteiger partial charge on any atom is -0.399 e. The van der Waals surface area contributed by atoms with Crippen LogP contribution in [0.15, 0.2) is 72.8 Å². The molecule has 0 unspecified atom stereocenters. The van der Waals surface area contributed by atoms with Crippen LogP contribution in [0.4, 0.5) is 62.3 Å². The largest absolute Gasteiger partial charge is 0.418 e. The highest BCUT2D eigenvalue weighted by atomic mass is 19.4. The molecule has 2 amide bonds. The van der Waals surface area contributed by atoms with Crippen LogP contribution in [0.3, 0.4) is 0 Å². The predicted octanol–water partition coefficient (Wildman–Crippen LogP) is 8.39. The minimum absolute atomic E-state index is 0.0444. The Labute approximate surface area is 248 Å². The summed E-state index contributed by atoms with van der Waals surface area (Å²) >= 11 is 0. The number of hydrogen-bond acceptors (Lipinski definition) is 4. The van der Waals surface area contributed by atoms with E-state index in [4.69, 9.17) is 11.5 Å². The summed E-state index contributed by atoms with van der Waals surface area (Å²) in [5.74, 6) is -2.25. The van der Waals surface area contributed by atoms with Crippen LogP contribution in [0.25, 0.3) is 11.1 Å². The molecule has 0 fully saturated rings. The van der Waals surface area contributed by atoms with Gasteiger partial charge in [0.05, 0.1) is 22.3 Å². The van der Waals surface area contributed by atoms with Crippen molar-refractivity contribution in [1.29, 1.82) is 0 Å². The van der Waals surface area contributed by atoms with Crippen molar-refractivity contribution in [2.45, 2.75) is 25.5 Å². The molecule has 6 N–H and O–H groups in total. The maximum absolute atomic E-state index is 14.1. The maximum atomic E-state index is 14.1. The molecule has 0 aromatic heterocycles. The molecule has 0 spiro atoms. The number of halogens is 9.